The molecular formula is C16H20N2O. The Morgan fingerprint density at radius 1 is 1.32 bits per heavy atom. The highest BCUT2D eigenvalue weighted by molar-refractivity contribution is 5.92. The molecule has 0 aliphatic heterocycles. The van der Waals surface area contributed by atoms with Gasteiger partial charge in [0, 0.05) is 24.4 Å². The van der Waals surface area contributed by atoms with Crippen LogP contribution in [0.3, 0.4) is 0 Å². The number of carbonyl (C=O) groups excluding carboxylic acids is 1. The summed E-state index contributed by atoms with van der Waals surface area (Å²) in [6.45, 7) is 0.949. The first-order valence-electron chi connectivity index (χ1n) is 7.06. The number of benzene rings is 1. The van der Waals surface area contributed by atoms with E-state index in [1.165, 1.54) is 25.7 Å². The van der Waals surface area contributed by atoms with Gasteiger partial charge in [-0.25, -0.2) is 0 Å². The molecule has 2 aliphatic carbocycles. The minimum absolute atomic E-state index is 0.150. The third-order valence-electron chi connectivity index (χ3n) is 3.75. The Morgan fingerprint density at radius 2 is 2.11 bits per heavy atom. The second-order valence-electron chi connectivity index (χ2n) is 5.67. The highest BCUT2D eigenvalue weighted by atomic mass is 16.2. The maximum Gasteiger partial charge on any atom is 0.246 e. The number of hydrogen-bond donors (Lipinski definition) is 1. The van der Waals surface area contributed by atoms with E-state index in [2.05, 4.69) is 4.90 Å². The molecule has 0 spiro atoms. The lowest BCUT2D eigenvalue weighted by atomic mass is 10.2. The summed E-state index contributed by atoms with van der Waals surface area (Å²) in [4.78, 5) is 14.3. The average molecular weight is 256 g/mol. The topological polar surface area (TPSA) is 46.3 Å². The van der Waals surface area contributed by atoms with Crippen LogP contribution in [-0.4, -0.2) is 23.4 Å². The summed E-state index contributed by atoms with van der Waals surface area (Å²) in [6.07, 6.45) is 8.47. The zero-order valence-corrected chi connectivity index (χ0v) is 11.1. The van der Waals surface area contributed by atoms with E-state index in [4.69, 9.17) is 5.73 Å². The maximum atomic E-state index is 12.3. The van der Waals surface area contributed by atoms with Gasteiger partial charge < -0.3 is 10.6 Å². The second-order valence-corrected chi connectivity index (χ2v) is 5.67. The predicted octanol–water partition coefficient (Wildman–Crippen LogP) is 2.68. The molecular weight excluding hydrogens is 236 g/mol. The van der Waals surface area contributed by atoms with Gasteiger partial charge in [0.15, 0.2) is 0 Å². The van der Waals surface area contributed by atoms with Crippen molar-refractivity contribution in [2.24, 2.45) is 5.92 Å². The van der Waals surface area contributed by atoms with Crippen molar-refractivity contribution in [1.29, 1.82) is 0 Å². The largest absolute Gasteiger partial charge is 0.399 e. The van der Waals surface area contributed by atoms with E-state index in [1.807, 2.05) is 30.3 Å². The van der Waals surface area contributed by atoms with Gasteiger partial charge >= 0.3 is 0 Å². The van der Waals surface area contributed by atoms with Crippen molar-refractivity contribution in [2.45, 2.75) is 31.7 Å². The standard InChI is InChI=1S/C16H20N2O/c17-14-3-1-2-12(10-14)6-9-16(19)18(15-7-8-15)11-13-4-5-13/h1-3,6,9-10,13,15H,4-5,7-8,11,17H2/b9-6+. The first-order chi connectivity index (χ1) is 9.22. The lowest BCUT2D eigenvalue weighted by Gasteiger charge is -2.20. The number of nitrogen functional groups attached to an aromatic ring is 1. The molecule has 19 heavy (non-hydrogen) atoms. The number of hydrogen-bond acceptors (Lipinski definition) is 2. The number of nitrogens with two attached hydrogens (primary N) is 1. The SMILES string of the molecule is Nc1cccc(/C=C/C(=O)N(CC2CC2)C2CC2)c1. The molecule has 0 atom stereocenters. The van der Waals surface area contributed by atoms with Crippen LogP contribution in [0.1, 0.15) is 31.2 Å². The molecule has 2 aliphatic rings. The van der Waals surface area contributed by atoms with Crippen molar-refractivity contribution < 1.29 is 4.79 Å². The number of nitrogens with zero attached hydrogens (tertiary/aromatic N) is 1. The molecule has 3 heteroatoms. The first-order valence-corrected chi connectivity index (χ1v) is 7.06. The first kappa shape index (κ1) is 12.3. The molecule has 1 aromatic carbocycles. The van der Waals surface area contributed by atoms with Crippen LogP contribution >= 0.6 is 0 Å². The summed E-state index contributed by atoms with van der Waals surface area (Å²) in [6, 6.07) is 8.10. The molecule has 3 nitrogen and oxygen atoms in total. The number of rotatable bonds is 5. The van der Waals surface area contributed by atoms with Gasteiger partial charge in [0.05, 0.1) is 0 Å². The van der Waals surface area contributed by atoms with Crippen molar-refractivity contribution in [2.75, 3.05) is 12.3 Å². The fourth-order valence-corrected chi connectivity index (χ4v) is 2.31. The van der Waals surface area contributed by atoms with E-state index in [9.17, 15) is 4.79 Å². The van der Waals surface area contributed by atoms with Crippen LogP contribution in [0.25, 0.3) is 6.08 Å². The Hall–Kier alpha value is -1.77. The lowest BCUT2D eigenvalue weighted by Crippen LogP contribution is -2.33. The van der Waals surface area contributed by atoms with Crippen LogP contribution in [0.2, 0.25) is 0 Å². The van der Waals surface area contributed by atoms with Gasteiger partial charge in [-0.2, -0.15) is 0 Å². The van der Waals surface area contributed by atoms with Crippen molar-refractivity contribution in [3.63, 3.8) is 0 Å². The minimum atomic E-state index is 0.150. The van der Waals surface area contributed by atoms with Gasteiger partial charge in [-0.1, -0.05) is 12.1 Å². The average Bonchev–Trinajstić information content (AvgIpc) is 3.26. The Labute approximate surface area is 114 Å². The van der Waals surface area contributed by atoms with Crippen molar-refractivity contribution in [1.82, 2.24) is 4.90 Å². The van der Waals surface area contributed by atoms with Crippen LogP contribution in [-0.2, 0) is 4.79 Å². The monoisotopic (exact) mass is 256 g/mol. The smallest absolute Gasteiger partial charge is 0.246 e. The Balaban J connectivity index is 1.64. The molecule has 100 valence electrons. The molecule has 1 aromatic rings. The van der Waals surface area contributed by atoms with E-state index in [1.54, 1.807) is 6.08 Å². The summed E-state index contributed by atoms with van der Waals surface area (Å²) in [5.41, 5.74) is 7.44. The number of anilines is 1. The quantitative estimate of drug-likeness (QED) is 0.650. The van der Waals surface area contributed by atoms with Gasteiger partial charge in [0.25, 0.3) is 0 Å². The maximum absolute atomic E-state index is 12.3. The fourth-order valence-electron chi connectivity index (χ4n) is 2.31. The van der Waals surface area contributed by atoms with Gasteiger partial charge in [0.2, 0.25) is 5.91 Å². The lowest BCUT2D eigenvalue weighted by molar-refractivity contribution is -0.126. The normalized spacial score (nSPS) is 18.7. The van der Waals surface area contributed by atoms with E-state index in [-0.39, 0.29) is 5.91 Å². The van der Waals surface area contributed by atoms with Gasteiger partial charge in [-0.15, -0.1) is 0 Å². The summed E-state index contributed by atoms with van der Waals surface area (Å²) < 4.78 is 0. The van der Waals surface area contributed by atoms with Crippen molar-refractivity contribution in [3.05, 3.63) is 35.9 Å². The molecule has 0 aromatic heterocycles. The Bertz CT molecular complexity index is 501. The fraction of sp³-hybridized carbons (Fsp3) is 0.438. The molecule has 2 fully saturated rings. The highest BCUT2D eigenvalue weighted by Crippen LogP contribution is 2.35. The van der Waals surface area contributed by atoms with Crippen LogP contribution in [0, 0.1) is 5.92 Å². The van der Waals surface area contributed by atoms with E-state index in [0.29, 0.717) is 6.04 Å². The molecule has 0 unspecified atom stereocenters. The molecule has 0 bridgehead atoms. The summed E-state index contributed by atoms with van der Waals surface area (Å²) >= 11 is 0. The predicted molar refractivity (Wildman–Crippen MR) is 77.3 cm³/mol. The van der Waals surface area contributed by atoms with Crippen LogP contribution < -0.4 is 5.73 Å². The Kier molecular flexibility index (Phi) is 3.28. The van der Waals surface area contributed by atoms with Gasteiger partial charge in [0.1, 0.15) is 0 Å². The molecule has 2 N–H and O–H groups in total. The zero-order chi connectivity index (χ0) is 13.2. The molecule has 1 amide bonds. The second kappa shape index (κ2) is 5.08. The third-order valence-corrected chi connectivity index (χ3v) is 3.75. The Morgan fingerprint density at radius 3 is 2.74 bits per heavy atom. The molecule has 3 rings (SSSR count). The molecule has 2 saturated carbocycles. The highest BCUT2D eigenvalue weighted by Gasteiger charge is 2.35. The number of carbonyl (C=O) groups is 1. The summed E-state index contributed by atoms with van der Waals surface area (Å²) in [5, 5.41) is 0. The van der Waals surface area contributed by atoms with E-state index in [0.717, 1.165) is 23.7 Å². The van der Waals surface area contributed by atoms with Gasteiger partial charge in [-0.05, 0) is 55.4 Å². The number of amides is 1. The molecule has 0 heterocycles. The summed E-state index contributed by atoms with van der Waals surface area (Å²) in [5.74, 6) is 0.905. The van der Waals surface area contributed by atoms with Crippen molar-refractivity contribution >= 4 is 17.7 Å². The van der Waals surface area contributed by atoms with Crippen LogP contribution in [0.15, 0.2) is 30.3 Å². The van der Waals surface area contributed by atoms with Crippen molar-refractivity contribution in [3.8, 4) is 0 Å². The molecule has 0 radical (unpaired) electrons. The van der Waals surface area contributed by atoms with Crippen LogP contribution in [0.5, 0.6) is 0 Å². The van der Waals surface area contributed by atoms with E-state index < -0.39 is 0 Å². The van der Waals surface area contributed by atoms with Crippen LogP contribution in [0.4, 0.5) is 5.69 Å². The molecule has 0 saturated heterocycles. The third kappa shape index (κ3) is 3.37. The minimum Gasteiger partial charge on any atom is -0.399 e. The summed E-state index contributed by atoms with van der Waals surface area (Å²) in [7, 11) is 0. The van der Waals surface area contributed by atoms with E-state index >= 15 is 0 Å². The van der Waals surface area contributed by atoms with Gasteiger partial charge in [-0.3, -0.25) is 4.79 Å². The zero-order valence-electron chi connectivity index (χ0n) is 11.1.